The van der Waals surface area contributed by atoms with Gasteiger partial charge in [0.15, 0.2) is 0 Å². The molecule has 2 aromatic rings. The molecule has 2 aromatic heterocycles. The number of thiazole rings is 1. The van der Waals surface area contributed by atoms with Crippen LogP contribution >= 0.6 is 11.3 Å². The fourth-order valence-electron chi connectivity index (χ4n) is 3.70. The van der Waals surface area contributed by atoms with Crippen molar-refractivity contribution in [3.63, 3.8) is 0 Å². The molecule has 0 radical (unpaired) electrons. The molecule has 0 atom stereocenters. The SMILES string of the molecule is O=C(NCc1cccc(N2CCOCC2)n1)c1scnc1C1CCCC1. The normalized spacial score (nSPS) is 18.2. The highest BCUT2D eigenvalue weighted by atomic mass is 32.1. The van der Waals surface area contributed by atoms with Crippen LogP contribution in [0.3, 0.4) is 0 Å². The first-order valence-corrected chi connectivity index (χ1v) is 10.2. The zero-order chi connectivity index (χ0) is 17.8. The summed E-state index contributed by atoms with van der Waals surface area (Å²) in [6.45, 7) is 3.61. The standard InChI is InChI=1S/C19H24N4O2S/c24-19(18-17(21-13-26-18)14-4-1-2-5-14)20-12-15-6-3-7-16(22-15)23-8-10-25-11-9-23/h3,6-7,13-14H,1-2,4-5,8-12H2,(H,20,24). The van der Waals surface area contributed by atoms with Gasteiger partial charge in [0.2, 0.25) is 0 Å². The number of rotatable bonds is 5. The van der Waals surface area contributed by atoms with E-state index in [9.17, 15) is 4.79 Å². The van der Waals surface area contributed by atoms with Gasteiger partial charge in [-0.25, -0.2) is 9.97 Å². The van der Waals surface area contributed by atoms with Crippen molar-refractivity contribution >= 4 is 23.1 Å². The van der Waals surface area contributed by atoms with Gasteiger partial charge in [0, 0.05) is 19.0 Å². The largest absolute Gasteiger partial charge is 0.378 e. The van der Waals surface area contributed by atoms with Gasteiger partial charge in [-0.2, -0.15) is 0 Å². The first-order valence-electron chi connectivity index (χ1n) is 9.31. The Bertz CT molecular complexity index is 752. The number of pyridine rings is 1. The third kappa shape index (κ3) is 3.88. The molecular weight excluding hydrogens is 348 g/mol. The maximum absolute atomic E-state index is 12.6. The van der Waals surface area contributed by atoms with E-state index in [1.54, 1.807) is 5.51 Å². The Morgan fingerprint density at radius 1 is 1.27 bits per heavy atom. The van der Waals surface area contributed by atoms with E-state index in [0.29, 0.717) is 12.5 Å². The van der Waals surface area contributed by atoms with Crippen molar-refractivity contribution in [2.75, 3.05) is 31.2 Å². The van der Waals surface area contributed by atoms with Gasteiger partial charge in [-0.3, -0.25) is 4.79 Å². The Labute approximate surface area is 157 Å². The molecule has 0 spiro atoms. The lowest BCUT2D eigenvalue weighted by molar-refractivity contribution is 0.0953. The number of hydrogen-bond donors (Lipinski definition) is 1. The van der Waals surface area contributed by atoms with Gasteiger partial charge < -0.3 is 15.0 Å². The van der Waals surface area contributed by atoms with Crippen LogP contribution in [-0.2, 0) is 11.3 Å². The van der Waals surface area contributed by atoms with Gasteiger partial charge >= 0.3 is 0 Å². The van der Waals surface area contributed by atoms with Gasteiger partial charge in [0.1, 0.15) is 10.7 Å². The monoisotopic (exact) mass is 372 g/mol. The number of ether oxygens (including phenoxy) is 1. The zero-order valence-corrected chi connectivity index (χ0v) is 15.6. The molecule has 6 nitrogen and oxygen atoms in total. The summed E-state index contributed by atoms with van der Waals surface area (Å²) in [7, 11) is 0. The maximum atomic E-state index is 12.6. The van der Waals surface area contributed by atoms with Gasteiger partial charge in [-0.05, 0) is 25.0 Å². The summed E-state index contributed by atoms with van der Waals surface area (Å²) in [4.78, 5) is 24.8. The lowest BCUT2D eigenvalue weighted by atomic mass is 10.0. The Morgan fingerprint density at radius 2 is 2.08 bits per heavy atom. The van der Waals surface area contributed by atoms with E-state index in [1.165, 1.54) is 24.2 Å². The van der Waals surface area contributed by atoms with Crippen LogP contribution < -0.4 is 10.2 Å². The predicted octanol–water partition coefficient (Wildman–Crippen LogP) is 2.96. The van der Waals surface area contributed by atoms with Crippen molar-refractivity contribution < 1.29 is 9.53 Å². The Balaban J connectivity index is 1.39. The summed E-state index contributed by atoms with van der Waals surface area (Å²) < 4.78 is 5.39. The molecule has 138 valence electrons. The lowest BCUT2D eigenvalue weighted by Crippen LogP contribution is -2.37. The molecule has 1 saturated heterocycles. The van der Waals surface area contributed by atoms with E-state index < -0.39 is 0 Å². The number of carbonyl (C=O) groups excluding carboxylic acids is 1. The molecule has 7 heteroatoms. The molecule has 1 aliphatic carbocycles. The maximum Gasteiger partial charge on any atom is 0.263 e. The minimum atomic E-state index is -0.0343. The minimum Gasteiger partial charge on any atom is -0.378 e. The van der Waals surface area contributed by atoms with E-state index >= 15 is 0 Å². The number of nitrogens with one attached hydrogen (secondary N) is 1. The molecule has 0 aromatic carbocycles. The summed E-state index contributed by atoms with van der Waals surface area (Å²) in [6, 6.07) is 5.96. The topological polar surface area (TPSA) is 67.4 Å². The summed E-state index contributed by atoms with van der Waals surface area (Å²) in [5, 5.41) is 3.02. The minimum absolute atomic E-state index is 0.0343. The fourth-order valence-corrected chi connectivity index (χ4v) is 4.49. The van der Waals surface area contributed by atoms with Crippen LogP contribution in [0.1, 0.15) is 52.7 Å². The number of anilines is 1. The van der Waals surface area contributed by atoms with E-state index in [2.05, 4.69) is 15.2 Å². The molecule has 1 amide bonds. The van der Waals surface area contributed by atoms with Crippen LogP contribution in [0.5, 0.6) is 0 Å². The number of carbonyl (C=O) groups is 1. The number of nitrogens with zero attached hydrogens (tertiary/aromatic N) is 3. The number of aromatic nitrogens is 2. The van der Waals surface area contributed by atoms with Crippen molar-refractivity contribution in [1.29, 1.82) is 0 Å². The van der Waals surface area contributed by atoms with Crippen LogP contribution in [0.2, 0.25) is 0 Å². The Morgan fingerprint density at radius 3 is 2.88 bits per heavy atom. The molecule has 2 aliphatic rings. The molecule has 2 fully saturated rings. The highest BCUT2D eigenvalue weighted by Crippen LogP contribution is 2.36. The van der Waals surface area contributed by atoms with Gasteiger partial charge in [-0.1, -0.05) is 18.9 Å². The third-order valence-corrected chi connectivity index (χ3v) is 5.94. The molecule has 3 heterocycles. The second-order valence-electron chi connectivity index (χ2n) is 6.82. The molecule has 26 heavy (non-hydrogen) atoms. The molecule has 0 bridgehead atoms. The van der Waals surface area contributed by atoms with Crippen molar-refractivity contribution in [3.05, 3.63) is 40.0 Å². The van der Waals surface area contributed by atoms with Crippen molar-refractivity contribution in [2.24, 2.45) is 0 Å². The molecular formula is C19H24N4O2S. The molecule has 1 N–H and O–H groups in total. The van der Waals surface area contributed by atoms with Crippen LogP contribution in [0, 0.1) is 0 Å². The van der Waals surface area contributed by atoms with E-state index in [0.717, 1.165) is 61.2 Å². The number of amides is 1. The second kappa shape index (κ2) is 8.14. The van der Waals surface area contributed by atoms with Crippen molar-refractivity contribution in [1.82, 2.24) is 15.3 Å². The van der Waals surface area contributed by atoms with Crippen LogP contribution in [0.4, 0.5) is 5.82 Å². The van der Waals surface area contributed by atoms with Crippen molar-refractivity contribution in [2.45, 2.75) is 38.1 Å². The first kappa shape index (κ1) is 17.4. The van der Waals surface area contributed by atoms with E-state index in [4.69, 9.17) is 9.72 Å². The zero-order valence-electron chi connectivity index (χ0n) is 14.8. The van der Waals surface area contributed by atoms with Crippen LogP contribution in [0.25, 0.3) is 0 Å². The average molecular weight is 372 g/mol. The average Bonchev–Trinajstić information content (AvgIpc) is 3.38. The highest BCUT2D eigenvalue weighted by molar-refractivity contribution is 7.11. The third-order valence-electron chi connectivity index (χ3n) is 5.10. The van der Waals surface area contributed by atoms with Gasteiger partial charge in [0.05, 0.1) is 36.7 Å². The van der Waals surface area contributed by atoms with Crippen LogP contribution in [0.15, 0.2) is 23.7 Å². The quantitative estimate of drug-likeness (QED) is 0.874. The summed E-state index contributed by atoms with van der Waals surface area (Å²) in [6.07, 6.45) is 4.77. The second-order valence-corrected chi connectivity index (χ2v) is 7.67. The lowest BCUT2D eigenvalue weighted by Gasteiger charge is -2.28. The smallest absolute Gasteiger partial charge is 0.263 e. The molecule has 1 aliphatic heterocycles. The molecule has 1 saturated carbocycles. The van der Waals surface area contributed by atoms with Crippen LogP contribution in [-0.4, -0.2) is 42.2 Å². The summed E-state index contributed by atoms with van der Waals surface area (Å²) >= 11 is 1.44. The van der Waals surface area contributed by atoms with Gasteiger partial charge in [-0.15, -0.1) is 11.3 Å². The fraction of sp³-hybridized carbons (Fsp3) is 0.526. The Kier molecular flexibility index (Phi) is 5.45. The number of morpholine rings is 1. The van der Waals surface area contributed by atoms with E-state index in [1.807, 2.05) is 18.2 Å². The molecule has 4 rings (SSSR count). The number of hydrogen-bond acceptors (Lipinski definition) is 6. The Hall–Kier alpha value is -1.99. The predicted molar refractivity (Wildman–Crippen MR) is 102 cm³/mol. The van der Waals surface area contributed by atoms with Crippen molar-refractivity contribution in [3.8, 4) is 0 Å². The summed E-state index contributed by atoms with van der Waals surface area (Å²) in [5.74, 6) is 1.36. The summed E-state index contributed by atoms with van der Waals surface area (Å²) in [5.41, 5.74) is 3.65. The molecule has 0 unspecified atom stereocenters. The first-order chi connectivity index (χ1) is 12.8. The van der Waals surface area contributed by atoms with E-state index in [-0.39, 0.29) is 5.91 Å². The van der Waals surface area contributed by atoms with Gasteiger partial charge in [0.25, 0.3) is 5.91 Å². The highest BCUT2D eigenvalue weighted by Gasteiger charge is 2.25.